The second-order valence-corrected chi connectivity index (χ2v) is 7.94. The first-order chi connectivity index (χ1) is 15.0. The van der Waals surface area contributed by atoms with Crippen molar-refractivity contribution in [1.29, 1.82) is 0 Å². The molecule has 3 aromatic rings. The summed E-state index contributed by atoms with van der Waals surface area (Å²) < 4.78 is 5.81. The summed E-state index contributed by atoms with van der Waals surface area (Å²) in [7, 11) is 0. The topological polar surface area (TPSA) is 74.6 Å². The number of furan rings is 1. The van der Waals surface area contributed by atoms with Crippen LogP contribution in [0.3, 0.4) is 0 Å². The Kier molecular flexibility index (Phi) is 6.28. The Morgan fingerprint density at radius 2 is 1.94 bits per heavy atom. The number of anilines is 2. The van der Waals surface area contributed by atoms with Crippen molar-refractivity contribution < 1.29 is 14.0 Å². The van der Waals surface area contributed by atoms with E-state index in [0.717, 1.165) is 41.2 Å². The van der Waals surface area contributed by atoms with E-state index in [2.05, 4.69) is 10.6 Å². The van der Waals surface area contributed by atoms with Crippen molar-refractivity contribution >= 4 is 34.8 Å². The third-order valence-electron chi connectivity index (χ3n) is 5.36. The van der Waals surface area contributed by atoms with Gasteiger partial charge in [-0.2, -0.15) is 0 Å². The van der Waals surface area contributed by atoms with Crippen LogP contribution in [0.2, 0.25) is 5.02 Å². The van der Waals surface area contributed by atoms with Gasteiger partial charge in [0.25, 0.3) is 0 Å². The average Bonchev–Trinajstić information content (AvgIpc) is 3.41. The first kappa shape index (κ1) is 21.0. The summed E-state index contributed by atoms with van der Waals surface area (Å²) in [6, 6.07) is 16.9. The lowest BCUT2D eigenvalue weighted by Crippen LogP contribution is -2.29. The molecule has 4 rings (SSSR count). The van der Waals surface area contributed by atoms with Gasteiger partial charge in [0.2, 0.25) is 11.8 Å². The summed E-state index contributed by atoms with van der Waals surface area (Å²) in [5.74, 6) is 1.40. The molecular formula is C24H24ClN3O3. The van der Waals surface area contributed by atoms with Crippen molar-refractivity contribution in [3.8, 4) is 11.3 Å². The Balaban J connectivity index is 1.31. The van der Waals surface area contributed by atoms with Gasteiger partial charge in [0.05, 0.1) is 13.1 Å². The minimum Gasteiger partial charge on any atom is -0.459 e. The summed E-state index contributed by atoms with van der Waals surface area (Å²) in [6.07, 6.45) is 1.47. The molecule has 2 amide bonds. The molecule has 6 nitrogen and oxygen atoms in total. The molecule has 1 aromatic heterocycles. The van der Waals surface area contributed by atoms with Crippen LogP contribution < -0.4 is 15.5 Å². The molecule has 0 atom stereocenters. The number of rotatable bonds is 7. The molecule has 0 radical (unpaired) electrons. The van der Waals surface area contributed by atoms with Gasteiger partial charge >= 0.3 is 0 Å². The van der Waals surface area contributed by atoms with Crippen LogP contribution in [0, 0.1) is 6.92 Å². The Bertz CT molecular complexity index is 1090. The highest BCUT2D eigenvalue weighted by molar-refractivity contribution is 6.30. The van der Waals surface area contributed by atoms with Crippen LogP contribution in [-0.2, 0) is 16.1 Å². The SMILES string of the molecule is Cc1c(NCC(=O)NCc2ccc(-c3ccc(Cl)cc3)o2)cccc1N1CCCC1=O. The lowest BCUT2D eigenvalue weighted by atomic mass is 10.1. The molecule has 0 aliphatic carbocycles. The van der Waals surface area contributed by atoms with E-state index < -0.39 is 0 Å². The maximum Gasteiger partial charge on any atom is 0.239 e. The van der Waals surface area contributed by atoms with Crippen molar-refractivity contribution in [3.05, 3.63) is 70.9 Å². The molecule has 160 valence electrons. The second-order valence-electron chi connectivity index (χ2n) is 7.50. The van der Waals surface area contributed by atoms with E-state index in [4.69, 9.17) is 16.0 Å². The van der Waals surface area contributed by atoms with Crippen molar-refractivity contribution in [1.82, 2.24) is 5.32 Å². The van der Waals surface area contributed by atoms with E-state index in [1.54, 1.807) is 0 Å². The Morgan fingerprint density at radius 3 is 2.68 bits per heavy atom. The Hall–Kier alpha value is -3.25. The van der Waals surface area contributed by atoms with Gasteiger partial charge in [0.15, 0.2) is 0 Å². The number of carbonyl (C=O) groups excluding carboxylic acids is 2. The Morgan fingerprint density at radius 1 is 1.13 bits per heavy atom. The fourth-order valence-electron chi connectivity index (χ4n) is 3.68. The lowest BCUT2D eigenvalue weighted by Gasteiger charge is -2.20. The lowest BCUT2D eigenvalue weighted by molar-refractivity contribution is -0.119. The van der Waals surface area contributed by atoms with E-state index in [9.17, 15) is 9.59 Å². The Labute approximate surface area is 186 Å². The minimum absolute atomic E-state index is 0.128. The zero-order valence-corrected chi connectivity index (χ0v) is 18.0. The van der Waals surface area contributed by atoms with Gasteiger partial charge in [-0.3, -0.25) is 9.59 Å². The number of hydrogen-bond acceptors (Lipinski definition) is 4. The van der Waals surface area contributed by atoms with Crippen LogP contribution in [0.15, 0.2) is 59.0 Å². The highest BCUT2D eigenvalue weighted by Gasteiger charge is 2.23. The number of nitrogens with one attached hydrogen (secondary N) is 2. The highest BCUT2D eigenvalue weighted by Crippen LogP contribution is 2.29. The van der Waals surface area contributed by atoms with Crippen LogP contribution in [-0.4, -0.2) is 24.9 Å². The van der Waals surface area contributed by atoms with Crippen LogP contribution >= 0.6 is 11.6 Å². The standard InChI is InChI=1S/C24H24ClN3O3/c1-16-20(4-2-5-21(16)28-13-3-6-24(28)30)26-15-23(29)27-14-19-11-12-22(31-19)17-7-9-18(25)10-8-17/h2,4-5,7-12,26H,3,6,13-15H2,1H3,(H,27,29). The number of benzene rings is 2. The molecule has 2 N–H and O–H groups in total. The molecule has 1 fully saturated rings. The monoisotopic (exact) mass is 437 g/mol. The van der Waals surface area contributed by atoms with Gasteiger partial charge < -0.3 is 20.0 Å². The smallest absolute Gasteiger partial charge is 0.239 e. The fraction of sp³-hybridized carbons (Fsp3) is 0.250. The van der Waals surface area contributed by atoms with Crippen LogP contribution in [0.1, 0.15) is 24.2 Å². The van der Waals surface area contributed by atoms with Crippen molar-refractivity contribution in [2.45, 2.75) is 26.3 Å². The van der Waals surface area contributed by atoms with E-state index in [-0.39, 0.29) is 18.4 Å². The molecule has 31 heavy (non-hydrogen) atoms. The zero-order chi connectivity index (χ0) is 21.8. The zero-order valence-electron chi connectivity index (χ0n) is 17.3. The van der Waals surface area contributed by atoms with Gasteiger partial charge in [-0.25, -0.2) is 0 Å². The first-order valence-electron chi connectivity index (χ1n) is 10.3. The largest absolute Gasteiger partial charge is 0.459 e. The maximum absolute atomic E-state index is 12.3. The van der Waals surface area contributed by atoms with Gasteiger partial charge in [0, 0.05) is 34.9 Å². The number of halogens is 1. The molecule has 2 heterocycles. The number of carbonyl (C=O) groups is 2. The van der Waals surface area contributed by atoms with Crippen molar-refractivity contribution in [3.63, 3.8) is 0 Å². The second kappa shape index (κ2) is 9.27. The number of hydrogen-bond donors (Lipinski definition) is 2. The van der Waals surface area contributed by atoms with Crippen LogP contribution in [0.5, 0.6) is 0 Å². The number of amides is 2. The van der Waals surface area contributed by atoms with E-state index in [1.807, 2.05) is 66.4 Å². The maximum atomic E-state index is 12.3. The normalized spacial score (nSPS) is 13.5. The molecule has 7 heteroatoms. The quantitative estimate of drug-likeness (QED) is 0.558. The van der Waals surface area contributed by atoms with E-state index in [0.29, 0.717) is 23.7 Å². The summed E-state index contributed by atoms with van der Waals surface area (Å²) in [5.41, 5.74) is 3.63. The summed E-state index contributed by atoms with van der Waals surface area (Å²) in [4.78, 5) is 26.2. The first-order valence-corrected chi connectivity index (χ1v) is 10.6. The minimum atomic E-state index is -0.147. The summed E-state index contributed by atoms with van der Waals surface area (Å²) in [6.45, 7) is 3.13. The molecule has 1 aliphatic heterocycles. The number of nitrogens with zero attached hydrogens (tertiary/aromatic N) is 1. The predicted octanol–water partition coefficient (Wildman–Crippen LogP) is 4.76. The van der Waals surface area contributed by atoms with Gasteiger partial charge in [-0.1, -0.05) is 17.7 Å². The van der Waals surface area contributed by atoms with Crippen LogP contribution in [0.25, 0.3) is 11.3 Å². The summed E-state index contributed by atoms with van der Waals surface area (Å²) >= 11 is 5.92. The van der Waals surface area contributed by atoms with Gasteiger partial charge in [-0.05, 0) is 67.4 Å². The van der Waals surface area contributed by atoms with Crippen LogP contribution in [0.4, 0.5) is 11.4 Å². The molecule has 0 unspecified atom stereocenters. The molecular weight excluding hydrogens is 414 g/mol. The predicted molar refractivity (Wildman–Crippen MR) is 122 cm³/mol. The average molecular weight is 438 g/mol. The molecule has 1 aliphatic rings. The van der Waals surface area contributed by atoms with Crippen molar-refractivity contribution in [2.24, 2.45) is 0 Å². The van der Waals surface area contributed by atoms with Gasteiger partial charge in [-0.15, -0.1) is 0 Å². The molecule has 1 saturated heterocycles. The third kappa shape index (κ3) is 4.91. The third-order valence-corrected chi connectivity index (χ3v) is 5.61. The molecule has 0 spiro atoms. The molecule has 2 aromatic carbocycles. The van der Waals surface area contributed by atoms with Crippen molar-refractivity contribution in [2.75, 3.05) is 23.3 Å². The highest BCUT2D eigenvalue weighted by atomic mass is 35.5. The van der Waals surface area contributed by atoms with Gasteiger partial charge in [0.1, 0.15) is 11.5 Å². The van der Waals surface area contributed by atoms with E-state index >= 15 is 0 Å². The molecule has 0 saturated carbocycles. The summed E-state index contributed by atoms with van der Waals surface area (Å²) in [5, 5.41) is 6.70. The fourth-order valence-corrected chi connectivity index (χ4v) is 3.80. The van der Waals surface area contributed by atoms with E-state index in [1.165, 1.54) is 0 Å². The molecule has 0 bridgehead atoms.